The molecule has 1 N–H and O–H groups in total. The Balaban J connectivity index is 1.26. The molecule has 0 atom stereocenters. The van der Waals surface area contributed by atoms with E-state index in [4.69, 9.17) is 4.42 Å². The van der Waals surface area contributed by atoms with Gasteiger partial charge in [0.1, 0.15) is 0 Å². The zero-order chi connectivity index (χ0) is 18.2. The maximum atomic E-state index is 12.7. The molecular weight excluding hydrogens is 380 g/mol. The predicted molar refractivity (Wildman–Crippen MR) is 106 cm³/mol. The highest BCUT2D eigenvalue weighted by Gasteiger charge is 2.24. The number of carbonyl (C=O) groups excluding carboxylic acids is 1. The number of aromatic amines is 1. The number of nitrogens with zero attached hydrogens (tertiary/aromatic N) is 3. The summed E-state index contributed by atoms with van der Waals surface area (Å²) in [4.78, 5) is 19.0. The van der Waals surface area contributed by atoms with Crippen LogP contribution in [0.25, 0.3) is 21.7 Å². The molecule has 3 aromatic heterocycles. The Kier molecular flexibility index (Phi) is 4.21. The summed E-state index contributed by atoms with van der Waals surface area (Å²) in [5.41, 5.74) is 3.61. The van der Waals surface area contributed by atoms with E-state index in [1.807, 2.05) is 34.5 Å². The molecule has 1 aromatic carbocycles. The van der Waals surface area contributed by atoms with Crippen molar-refractivity contribution in [2.75, 3.05) is 12.3 Å². The Bertz CT molecular complexity index is 1100. The smallest absolute Gasteiger partial charge is 0.277 e. The van der Waals surface area contributed by atoms with Crippen molar-refractivity contribution in [2.45, 2.75) is 18.2 Å². The van der Waals surface area contributed by atoms with E-state index in [0.717, 1.165) is 23.4 Å². The number of aromatic nitrogens is 3. The van der Waals surface area contributed by atoms with Crippen LogP contribution in [0.5, 0.6) is 0 Å². The molecule has 0 unspecified atom stereocenters. The SMILES string of the molecule is O=C(CSc1nnc(-c2cccs2)o1)N1CCc2[nH]c3ccccc3c2C1. The van der Waals surface area contributed by atoms with Gasteiger partial charge in [0, 0.05) is 41.7 Å². The van der Waals surface area contributed by atoms with Crippen LogP contribution in [0.4, 0.5) is 0 Å². The van der Waals surface area contributed by atoms with Crippen molar-refractivity contribution in [3.05, 3.63) is 53.0 Å². The molecule has 0 fully saturated rings. The number of carbonyl (C=O) groups is 1. The van der Waals surface area contributed by atoms with Crippen LogP contribution in [0.15, 0.2) is 51.4 Å². The van der Waals surface area contributed by atoms with Crippen LogP contribution in [-0.4, -0.2) is 38.3 Å². The third-order valence-corrected chi connectivity index (χ3v) is 6.35. The lowest BCUT2D eigenvalue weighted by molar-refractivity contribution is -0.129. The molecule has 27 heavy (non-hydrogen) atoms. The van der Waals surface area contributed by atoms with E-state index in [1.165, 1.54) is 28.4 Å². The summed E-state index contributed by atoms with van der Waals surface area (Å²) in [5.74, 6) is 0.886. The number of thiophene rings is 1. The molecule has 0 saturated heterocycles. The van der Waals surface area contributed by atoms with Crippen molar-refractivity contribution in [2.24, 2.45) is 0 Å². The normalized spacial score (nSPS) is 13.9. The van der Waals surface area contributed by atoms with Crippen molar-refractivity contribution >= 4 is 39.9 Å². The first-order chi connectivity index (χ1) is 13.3. The van der Waals surface area contributed by atoms with Gasteiger partial charge in [-0.3, -0.25) is 4.79 Å². The molecule has 0 bridgehead atoms. The number of thioether (sulfide) groups is 1. The summed E-state index contributed by atoms with van der Waals surface area (Å²) in [5, 5.41) is 11.7. The van der Waals surface area contributed by atoms with E-state index in [-0.39, 0.29) is 5.91 Å². The first-order valence-electron chi connectivity index (χ1n) is 8.64. The number of H-pyrrole nitrogens is 1. The number of fused-ring (bicyclic) bond motifs is 3. The Morgan fingerprint density at radius 3 is 3.07 bits per heavy atom. The summed E-state index contributed by atoms with van der Waals surface area (Å²) >= 11 is 2.84. The van der Waals surface area contributed by atoms with E-state index in [2.05, 4.69) is 27.3 Å². The van der Waals surface area contributed by atoms with E-state index in [1.54, 1.807) is 11.3 Å². The number of amides is 1. The van der Waals surface area contributed by atoms with Gasteiger partial charge in [-0.25, -0.2) is 0 Å². The summed E-state index contributed by atoms with van der Waals surface area (Å²) in [7, 11) is 0. The molecule has 1 aliphatic heterocycles. The Labute approximate surface area is 163 Å². The van der Waals surface area contributed by atoms with Gasteiger partial charge in [-0.1, -0.05) is 36.0 Å². The molecule has 1 amide bonds. The molecule has 0 saturated carbocycles. The number of para-hydroxylation sites is 1. The Morgan fingerprint density at radius 2 is 2.19 bits per heavy atom. The lowest BCUT2D eigenvalue weighted by atomic mass is 10.0. The fourth-order valence-electron chi connectivity index (χ4n) is 3.36. The molecular formula is C19H16N4O2S2. The average Bonchev–Trinajstić information content (AvgIpc) is 3.44. The zero-order valence-electron chi connectivity index (χ0n) is 14.3. The van der Waals surface area contributed by atoms with Gasteiger partial charge in [0.15, 0.2) is 0 Å². The van der Waals surface area contributed by atoms with E-state index in [0.29, 0.717) is 23.4 Å². The standard InChI is InChI=1S/C19H16N4O2S2/c24-17(11-27-19-22-21-18(25-19)16-6-3-9-26-16)23-8-7-15-13(10-23)12-4-1-2-5-14(12)20-15/h1-6,9,20H,7-8,10-11H2. The molecule has 0 aliphatic carbocycles. The number of nitrogens with one attached hydrogen (secondary N) is 1. The summed E-state index contributed by atoms with van der Waals surface area (Å²) in [6.45, 7) is 1.37. The fourth-order valence-corrected chi connectivity index (χ4v) is 4.67. The van der Waals surface area contributed by atoms with Crippen molar-refractivity contribution in [1.29, 1.82) is 0 Å². The van der Waals surface area contributed by atoms with Crippen LogP contribution in [-0.2, 0) is 17.8 Å². The minimum absolute atomic E-state index is 0.0896. The fraction of sp³-hybridized carbons (Fsp3) is 0.211. The Hall–Kier alpha value is -2.58. The second-order valence-corrected chi connectivity index (χ2v) is 8.21. The van der Waals surface area contributed by atoms with Crippen LogP contribution < -0.4 is 0 Å². The molecule has 1 aliphatic rings. The second kappa shape index (κ2) is 6.86. The van der Waals surface area contributed by atoms with Gasteiger partial charge in [-0.2, -0.15) is 0 Å². The minimum atomic E-state index is 0.0896. The molecule has 8 heteroatoms. The van der Waals surface area contributed by atoms with E-state index < -0.39 is 0 Å². The second-order valence-electron chi connectivity index (χ2n) is 6.33. The van der Waals surface area contributed by atoms with Crippen LogP contribution in [0.1, 0.15) is 11.3 Å². The number of benzene rings is 1. The summed E-state index contributed by atoms with van der Waals surface area (Å²) in [6, 6.07) is 12.1. The van der Waals surface area contributed by atoms with Crippen molar-refractivity contribution < 1.29 is 9.21 Å². The highest BCUT2D eigenvalue weighted by molar-refractivity contribution is 7.99. The van der Waals surface area contributed by atoms with Gasteiger partial charge in [0.05, 0.1) is 10.6 Å². The highest BCUT2D eigenvalue weighted by atomic mass is 32.2. The zero-order valence-corrected chi connectivity index (χ0v) is 16.0. The number of hydrogen-bond acceptors (Lipinski definition) is 6. The van der Waals surface area contributed by atoms with Crippen LogP contribution in [0.3, 0.4) is 0 Å². The van der Waals surface area contributed by atoms with E-state index in [9.17, 15) is 4.79 Å². The summed E-state index contributed by atoms with van der Waals surface area (Å²) in [6.07, 6.45) is 0.851. The van der Waals surface area contributed by atoms with Crippen molar-refractivity contribution in [1.82, 2.24) is 20.1 Å². The van der Waals surface area contributed by atoms with Crippen molar-refractivity contribution in [3.8, 4) is 10.8 Å². The molecule has 4 heterocycles. The van der Waals surface area contributed by atoms with Gasteiger partial charge < -0.3 is 14.3 Å². The van der Waals surface area contributed by atoms with Crippen LogP contribution in [0, 0.1) is 0 Å². The van der Waals surface area contributed by atoms with Gasteiger partial charge >= 0.3 is 0 Å². The quantitative estimate of drug-likeness (QED) is 0.529. The maximum Gasteiger partial charge on any atom is 0.277 e. The first-order valence-corrected chi connectivity index (χ1v) is 10.5. The van der Waals surface area contributed by atoms with Crippen LogP contribution >= 0.6 is 23.1 Å². The largest absolute Gasteiger partial charge is 0.410 e. The topological polar surface area (TPSA) is 75.0 Å². The lowest BCUT2D eigenvalue weighted by Gasteiger charge is -2.27. The summed E-state index contributed by atoms with van der Waals surface area (Å²) < 4.78 is 5.64. The highest BCUT2D eigenvalue weighted by Crippen LogP contribution is 2.29. The first kappa shape index (κ1) is 16.6. The molecule has 5 rings (SSSR count). The maximum absolute atomic E-state index is 12.7. The van der Waals surface area contributed by atoms with Gasteiger partial charge in [-0.15, -0.1) is 21.5 Å². The number of hydrogen-bond donors (Lipinski definition) is 1. The minimum Gasteiger partial charge on any atom is -0.410 e. The third-order valence-electron chi connectivity index (χ3n) is 4.69. The van der Waals surface area contributed by atoms with E-state index >= 15 is 0 Å². The molecule has 6 nitrogen and oxygen atoms in total. The van der Waals surface area contributed by atoms with Gasteiger partial charge in [0.25, 0.3) is 11.1 Å². The third kappa shape index (κ3) is 3.15. The van der Waals surface area contributed by atoms with Gasteiger partial charge in [0.2, 0.25) is 5.91 Å². The molecule has 0 spiro atoms. The van der Waals surface area contributed by atoms with Gasteiger partial charge in [-0.05, 0) is 17.5 Å². The monoisotopic (exact) mass is 396 g/mol. The van der Waals surface area contributed by atoms with Crippen molar-refractivity contribution in [3.63, 3.8) is 0 Å². The molecule has 4 aromatic rings. The number of rotatable bonds is 4. The Morgan fingerprint density at radius 1 is 1.26 bits per heavy atom. The molecule has 0 radical (unpaired) electrons. The predicted octanol–water partition coefficient (Wildman–Crippen LogP) is 3.96. The molecule has 136 valence electrons. The average molecular weight is 396 g/mol. The van der Waals surface area contributed by atoms with Crippen LogP contribution in [0.2, 0.25) is 0 Å². The lowest BCUT2D eigenvalue weighted by Crippen LogP contribution is -2.36.